The highest BCUT2D eigenvalue weighted by molar-refractivity contribution is 5.91. The molecule has 3 aromatic rings. The molecule has 1 spiro atoms. The van der Waals surface area contributed by atoms with Gasteiger partial charge in [-0.15, -0.1) is 0 Å². The summed E-state index contributed by atoms with van der Waals surface area (Å²) in [6.07, 6.45) is 4.77. The third-order valence-corrected chi connectivity index (χ3v) is 9.57. The number of likely N-dealkylation sites (N-methyl/N-ethyl adjacent to an activating group) is 1. The Labute approximate surface area is 267 Å². The van der Waals surface area contributed by atoms with Crippen LogP contribution in [0.25, 0.3) is 0 Å². The Bertz CT molecular complexity index is 1420. The summed E-state index contributed by atoms with van der Waals surface area (Å²) in [5.41, 5.74) is 9.45. The van der Waals surface area contributed by atoms with Gasteiger partial charge in [-0.25, -0.2) is 0 Å². The number of benzene rings is 3. The maximum atomic E-state index is 14.3. The number of likely N-dealkylation sites (tertiary alicyclic amines) is 1. The lowest BCUT2D eigenvalue weighted by Gasteiger charge is -2.34. The molecule has 1 aliphatic carbocycles. The molecule has 0 aromatic heterocycles. The summed E-state index contributed by atoms with van der Waals surface area (Å²) in [5, 5.41) is 6.02. The number of amides is 3. The standard InChI is InChI=1S/C37H47N5O3/c1-27(39-2)34(43)40-32(20-19-28-13-6-3-7-14-28)36(45)42-23-12-22-37(42)26-33(37)41(24-21-29-15-8-4-9-16-29)35(44)31(38)25-30-17-10-5-11-18-30/h3-11,13-18,27,31-33,39H,12,19-26,38H2,1-2H3,(H,40,43)/t27-,31+,32-,33?,37?/m0/s1. The van der Waals surface area contributed by atoms with E-state index < -0.39 is 23.7 Å². The number of nitrogens with zero attached hydrogens (tertiary/aromatic N) is 2. The van der Waals surface area contributed by atoms with Gasteiger partial charge in [-0.05, 0) is 75.6 Å². The minimum absolute atomic E-state index is 0.0633. The van der Waals surface area contributed by atoms with Gasteiger partial charge in [0, 0.05) is 13.1 Å². The number of nitrogens with one attached hydrogen (secondary N) is 2. The number of hydrogen-bond donors (Lipinski definition) is 3. The molecule has 5 atom stereocenters. The lowest BCUT2D eigenvalue weighted by atomic mass is 10.0. The Morgan fingerprint density at radius 1 is 0.911 bits per heavy atom. The Morgan fingerprint density at radius 2 is 1.49 bits per heavy atom. The van der Waals surface area contributed by atoms with Crippen molar-refractivity contribution in [1.29, 1.82) is 0 Å². The van der Waals surface area contributed by atoms with Gasteiger partial charge >= 0.3 is 0 Å². The first-order valence-corrected chi connectivity index (χ1v) is 16.3. The summed E-state index contributed by atoms with van der Waals surface area (Å²) in [7, 11) is 1.73. The van der Waals surface area contributed by atoms with E-state index in [0.29, 0.717) is 38.8 Å². The highest BCUT2D eigenvalue weighted by Crippen LogP contribution is 2.53. The minimum atomic E-state index is -0.674. The van der Waals surface area contributed by atoms with Crippen LogP contribution in [0.4, 0.5) is 0 Å². The first kappa shape index (κ1) is 32.4. The van der Waals surface area contributed by atoms with Crippen LogP contribution in [0.3, 0.4) is 0 Å². The van der Waals surface area contributed by atoms with E-state index in [1.165, 1.54) is 0 Å². The third kappa shape index (κ3) is 7.81. The van der Waals surface area contributed by atoms with Crippen molar-refractivity contribution in [3.05, 3.63) is 108 Å². The molecular formula is C37H47N5O3. The van der Waals surface area contributed by atoms with Crippen molar-refractivity contribution in [2.45, 2.75) is 81.6 Å². The Balaban J connectivity index is 1.35. The van der Waals surface area contributed by atoms with Crippen molar-refractivity contribution in [2.75, 3.05) is 20.1 Å². The van der Waals surface area contributed by atoms with Crippen molar-refractivity contribution in [2.24, 2.45) is 5.73 Å². The van der Waals surface area contributed by atoms with Crippen molar-refractivity contribution >= 4 is 17.7 Å². The Hall–Kier alpha value is -4.01. The highest BCUT2D eigenvalue weighted by Gasteiger charge is 2.65. The van der Waals surface area contributed by atoms with Crippen molar-refractivity contribution in [3.8, 4) is 0 Å². The smallest absolute Gasteiger partial charge is 0.245 e. The molecule has 2 fully saturated rings. The third-order valence-electron chi connectivity index (χ3n) is 9.57. The largest absolute Gasteiger partial charge is 0.343 e. The number of carbonyl (C=O) groups excluding carboxylic acids is 3. The van der Waals surface area contributed by atoms with E-state index in [4.69, 9.17) is 5.73 Å². The molecule has 2 unspecified atom stereocenters. The predicted octanol–water partition coefficient (Wildman–Crippen LogP) is 3.49. The van der Waals surface area contributed by atoms with Crippen LogP contribution in [-0.4, -0.2) is 77.4 Å². The van der Waals surface area contributed by atoms with Gasteiger partial charge < -0.3 is 26.2 Å². The van der Waals surface area contributed by atoms with Crippen molar-refractivity contribution < 1.29 is 14.4 Å². The van der Waals surface area contributed by atoms with Crippen LogP contribution >= 0.6 is 0 Å². The summed E-state index contributed by atoms with van der Waals surface area (Å²) < 4.78 is 0. The van der Waals surface area contributed by atoms with Gasteiger partial charge in [0.1, 0.15) is 6.04 Å². The van der Waals surface area contributed by atoms with Crippen LogP contribution in [0.5, 0.6) is 0 Å². The average molecular weight is 610 g/mol. The summed E-state index contributed by atoms with van der Waals surface area (Å²) in [6.45, 7) is 2.94. The zero-order valence-electron chi connectivity index (χ0n) is 26.5. The van der Waals surface area contributed by atoms with Crippen LogP contribution in [0.1, 0.15) is 49.3 Å². The number of rotatable bonds is 14. The fourth-order valence-electron chi connectivity index (χ4n) is 6.78. The quantitative estimate of drug-likeness (QED) is 0.260. The molecule has 8 nitrogen and oxygen atoms in total. The molecule has 8 heteroatoms. The maximum Gasteiger partial charge on any atom is 0.245 e. The van der Waals surface area contributed by atoms with Gasteiger partial charge in [0.2, 0.25) is 17.7 Å². The monoisotopic (exact) mass is 609 g/mol. The SMILES string of the molecule is CN[C@@H](C)C(=O)N[C@@H](CCc1ccccc1)C(=O)N1CCCC12CC2N(CCc1ccccc1)C(=O)[C@H](N)Cc1ccccc1. The molecule has 1 heterocycles. The van der Waals surface area contributed by atoms with E-state index >= 15 is 0 Å². The number of aryl methyl sites for hydroxylation is 1. The molecule has 3 amide bonds. The topological polar surface area (TPSA) is 108 Å². The predicted molar refractivity (Wildman–Crippen MR) is 177 cm³/mol. The molecule has 1 saturated carbocycles. The molecule has 1 saturated heterocycles. The lowest BCUT2D eigenvalue weighted by molar-refractivity contribution is -0.140. The summed E-state index contributed by atoms with van der Waals surface area (Å²) in [5.74, 6) is -0.338. The van der Waals surface area contributed by atoms with E-state index in [1.807, 2.05) is 88.7 Å². The first-order chi connectivity index (χ1) is 21.8. The van der Waals surface area contributed by atoms with E-state index in [1.54, 1.807) is 14.0 Å². The minimum Gasteiger partial charge on any atom is -0.343 e. The number of nitrogens with two attached hydrogens (primary N) is 1. The fourth-order valence-corrected chi connectivity index (χ4v) is 6.78. The molecule has 45 heavy (non-hydrogen) atoms. The summed E-state index contributed by atoms with van der Waals surface area (Å²) in [6, 6.07) is 28.2. The summed E-state index contributed by atoms with van der Waals surface area (Å²) in [4.78, 5) is 45.3. The summed E-state index contributed by atoms with van der Waals surface area (Å²) >= 11 is 0. The molecular weight excluding hydrogens is 562 g/mol. The maximum absolute atomic E-state index is 14.3. The second-order valence-corrected chi connectivity index (χ2v) is 12.6. The molecule has 4 N–H and O–H groups in total. The molecule has 0 radical (unpaired) electrons. The van der Waals surface area contributed by atoms with Crippen LogP contribution in [-0.2, 0) is 33.6 Å². The molecule has 2 aliphatic rings. The zero-order valence-corrected chi connectivity index (χ0v) is 26.5. The van der Waals surface area contributed by atoms with Crippen LogP contribution in [0, 0.1) is 0 Å². The van der Waals surface area contributed by atoms with Crippen molar-refractivity contribution in [1.82, 2.24) is 20.4 Å². The van der Waals surface area contributed by atoms with Gasteiger partial charge in [-0.1, -0.05) is 91.0 Å². The lowest BCUT2D eigenvalue weighted by Crippen LogP contribution is -2.56. The van der Waals surface area contributed by atoms with Gasteiger partial charge in [0.15, 0.2) is 0 Å². The molecule has 1 aliphatic heterocycles. The molecule has 5 rings (SSSR count). The van der Waals surface area contributed by atoms with Gasteiger partial charge in [0.25, 0.3) is 0 Å². The average Bonchev–Trinajstić information content (AvgIpc) is 3.62. The van der Waals surface area contributed by atoms with E-state index in [9.17, 15) is 14.4 Å². The van der Waals surface area contributed by atoms with Crippen molar-refractivity contribution in [3.63, 3.8) is 0 Å². The normalized spacial score (nSPS) is 20.8. The van der Waals surface area contributed by atoms with Crippen LogP contribution < -0.4 is 16.4 Å². The van der Waals surface area contributed by atoms with Gasteiger partial charge in [0.05, 0.1) is 23.7 Å². The number of carbonyl (C=O) groups is 3. The van der Waals surface area contributed by atoms with Crippen LogP contribution in [0.15, 0.2) is 91.0 Å². The van der Waals surface area contributed by atoms with E-state index in [2.05, 4.69) is 22.8 Å². The van der Waals surface area contributed by atoms with Gasteiger partial charge in [-0.2, -0.15) is 0 Å². The Morgan fingerprint density at radius 3 is 2.09 bits per heavy atom. The fraction of sp³-hybridized carbons (Fsp3) is 0.432. The number of hydrogen-bond acceptors (Lipinski definition) is 5. The second-order valence-electron chi connectivity index (χ2n) is 12.6. The molecule has 3 aromatic carbocycles. The van der Waals surface area contributed by atoms with Gasteiger partial charge in [-0.3, -0.25) is 14.4 Å². The van der Waals surface area contributed by atoms with Crippen LogP contribution in [0.2, 0.25) is 0 Å². The van der Waals surface area contributed by atoms with E-state index in [0.717, 1.165) is 36.0 Å². The first-order valence-electron chi connectivity index (χ1n) is 16.3. The Kier molecular flexibility index (Phi) is 10.7. The highest BCUT2D eigenvalue weighted by atomic mass is 16.2. The molecule has 238 valence electrons. The molecule has 0 bridgehead atoms. The van der Waals surface area contributed by atoms with E-state index in [-0.39, 0.29) is 23.8 Å². The second kappa shape index (κ2) is 14.8. The zero-order chi connectivity index (χ0) is 31.8.